The third-order valence-corrected chi connectivity index (χ3v) is 5.02. The molecule has 4 nitrogen and oxygen atoms in total. The summed E-state index contributed by atoms with van der Waals surface area (Å²) in [7, 11) is 1.84. The van der Waals surface area contributed by atoms with E-state index in [4.69, 9.17) is 0 Å². The Hall–Kier alpha value is -1.72. The van der Waals surface area contributed by atoms with Crippen LogP contribution in [0.4, 0.5) is 5.69 Å². The van der Waals surface area contributed by atoms with E-state index in [1.807, 2.05) is 31.4 Å². The van der Waals surface area contributed by atoms with Crippen LogP contribution < -0.4 is 10.2 Å². The van der Waals surface area contributed by atoms with Crippen molar-refractivity contribution in [3.63, 3.8) is 0 Å². The molecule has 1 aliphatic heterocycles. The first-order valence-corrected chi connectivity index (χ1v) is 8.03. The van der Waals surface area contributed by atoms with Gasteiger partial charge in [-0.3, -0.25) is 4.79 Å². The van der Waals surface area contributed by atoms with Gasteiger partial charge in [-0.1, -0.05) is 25.1 Å². The zero-order chi connectivity index (χ0) is 14.8. The van der Waals surface area contributed by atoms with Gasteiger partial charge in [0.1, 0.15) is 5.01 Å². The molecular weight excluding hydrogens is 282 g/mol. The highest BCUT2D eigenvalue weighted by Gasteiger charge is 2.28. The predicted molar refractivity (Wildman–Crippen MR) is 85.5 cm³/mol. The summed E-state index contributed by atoms with van der Waals surface area (Å²) in [6, 6.07) is 8.16. The molecule has 1 aliphatic rings. The number of aryl methyl sites for hydroxylation is 1. The SMILES string of the molecule is CCc1cnc(CNC2CC(=O)N(C)c3ccccc32)s1. The van der Waals surface area contributed by atoms with E-state index in [1.165, 1.54) is 10.4 Å². The van der Waals surface area contributed by atoms with E-state index in [1.54, 1.807) is 16.2 Å². The van der Waals surface area contributed by atoms with Crippen LogP contribution in [0.5, 0.6) is 0 Å². The summed E-state index contributed by atoms with van der Waals surface area (Å²) >= 11 is 1.74. The number of hydrogen-bond donors (Lipinski definition) is 1. The third kappa shape index (κ3) is 2.84. The molecule has 21 heavy (non-hydrogen) atoms. The quantitative estimate of drug-likeness (QED) is 0.944. The van der Waals surface area contributed by atoms with Crippen LogP contribution in [0.1, 0.15) is 34.8 Å². The first-order chi connectivity index (χ1) is 10.2. The minimum Gasteiger partial charge on any atom is -0.315 e. The number of aromatic nitrogens is 1. The summed E-state index contributed by atoms with van der Waals surface area (Å²) in [6.45, 7) is 2.84. The fourth-order valence-corrected chi connectivity index (χ4v) is 3.44. The average molecular weight is 301 g/mol. The zero-order valence-electron chi connectivity index (χ0n) is 12.3. The van der Waals surface area contributed by atoms with E-state index in [-0.39, 0.29) is 11.9 Å². The molecule has 0 bridgehead atoms. The molecule has 1 aromatic carbocycles. The number of carbonyl (C=O) groups excluding carboxylic acids is 1. The Kier molecular flexibility index (Phi) is 4.03. The molecule has 0 fully saturated rings. The van der Waals surface area contributed by atoms with Crippen molar-refractivity contribution in [2.24, 2.45) is 0 Å². The number of hydrogen-bond acceptors (Lipinski definition) is 4. The molecule has 1 unspecified atom stereocenters. The maximum Gasteiger partial charge on any atom is 0.228 e. The normalized spacial score (nSPS) is 17.9. The van der Waals surface area contributed by atoms with Crippen molar-refractivity contribution >= 4 is 22.9 Å². The Morgan fingerprint density at radius 2 is 2.24 bits per heavy atom. The second kappa shape index (κ2) is 5.95. The highest BCUT2D eigenvalue weighted by molar-refractivity contribution is 7.11. The summed E-state index contributed by atoms with van der Waals surface area (Å²) in [5.41, 5.74) is 2.19. The van der Waals surface area contributed by atoms with Gasteiger partial charge in [0.15, 0.2) is 0 Å². The van der Waals surface area contributed by atoms with Gasteiger partial charge >= 0.3 is 0 Å². The number of anilines is 1. The molecule has 110 valence electrons. The van der Waals surface area contributed by atoms with Crippen LogP contribution in [-0.4, -0.2) is 17.9 Å². The van der Waals surface area contributed by atoms with Crippen molar-refractivity contribution in [2.75, 3.05) is 11.9 Å². The summed E-state index contributed by atoms with van der Waals surface area (Å²) in [5.74, 6) is 0.152. The lowest BCUT2D eigenvalue weighted by Gasteiger charge is -2.32. The molecule has 3 rings (SSSR count). The maximum absolute atomic E-state index is 12.1. The lowest BCUT2D eigenvalue weighted by molar-refractivity contribution is -0.119. The van der Waals surface area contributed by atoms with Gasteiger partial charge in [0, 0.05) is 42.8 Å². The van der Waals surface area contributed by atoms with Crippen molar-refractivity contribution in [1.82, 2.24) is 10.3 Å². The van der Waals surface area contributed by atoms with Crippen molar-refractivity contribution < 1.29 is 4.79 Å². The molecule has 0 aliphatic carbocycles. The molecule has 2 aromatic rings. The fraction of sp³-hybridized carbons (Fsp3) is 0.375. The Balaban J connectivity index is 1.76. The second-order valence-electron chi connectivity index (χ2n) is 5.22. The monoisotopic (exact) mass is 301 g/mol. The van der Waals surface area contributed by atoms with Crippen LogP contribution in [0.25, 0.3) is 0 Å². The molecule has 2 heterocycles. The van der Waals surface area contributed by atoms with Crippen LogP contribution >= 0.6 is 11.3 Å². The Morgan fingerprint density at radius 1 is 1.43 bits per heavy atom. The molecule has 0 radical (unpaired) electrons. The van der Waals surface area contributed by atoms with Gasteiger partial charge < -0.3 is 10.2 Å². The van der Waals surface area contributed by atoms with Gasteiger partial charge in [-0.2, -0.15) is 0 Å². The van der Waals surface area contributed by atoms with Crippen LogP contribution in [0, 0.1) is 0 Å². The molecule has 1 amide bonds. The summed E-state index contributed by atoms with van der Waals surface area (Å²) < 4.78 is 0. The van der Waals surface area contributed by atoms with Gasteiger partial charge in [-0.25, -0.2) is 4.98 Å². The van der Waals surface area contributed by atoms with E-state index in [9.17, 15) is 4.79 Å². The molecule has 0 saturated carbocycles. The molecule has 5 heteroatoms. The third-order valence-electron chi connectivity index (χ3n) is 3.88. The van der Waals surface area contributed by atoms with Gasteiger partial charge in [0.2, 0.25) is 5.91 Å². The topological polar surface area (TPSA) is 45.2 Å². The molecule has 1 atom stereocenters. The van der Waals surface area contributed by atoms with Gasteiger partial charge in [-0.15, -0.1) is 11.3 Å². The van der Waals surface area contributed by atoms with Gasteiger partial charge in [0.25, 0.3) is 0 Å². The number of thiazole rings is 1. The van der Waals surface area contributed by atoms with Gasteiger partial charge in [0.05, 0.1) is 0 Å². The van der Waals surface area contributed by atoms with Crippen molar-refractivity contribution in [1.29, 1.82) is 0 Å². The minimum atomic E-state index is 0.0684. The second-order valence-corrected chi connectivity index (χ2v) is 6.42. The highest BCUT2D eigenvalue weighted by Crippen LogP contribution is 2.33. The Morgan fingerprint density at radius 3 is 3.00 bits per heavy atom. The largest absolute Gasteiger partial charge is 0.315 e. The van der Waals surface area contributed by atoms with Crippen molar-refractivity contribution in [3.8, 4) is 0 Å². The summed E-state index contributed by atoms with van der Waals surface area (Å²) in [4.78, 5) is 19.6. The number of carbonyl (C=O) groups is 1. The number of para-hydroxylation sites is 1. The van der Waals surface area contributed by atoms with E-state index in [0.717, 1.165) is 17.1 Å². The van der Waals surface area contributed by atoms with Crippen LogP contribution in [-0.2, 0) is 17.8 Å². The Bertz CT molecular complexity index is 652. The number of nitrogens with one attached hydrogen (secondary N) is 1. The minimum absolute atomic E-state index is 0.0684. The predicted octanol–water partition coefficient (Wildman–Crippen LogP) is 2.90. The van der Waals surface area contributed by atoms with Crippen molar-refractivity contribution in [2.45, 2.75) is 32.4 Å². The molecule has 0 saturated heterocycles. The van der Waals surface area contributed by atoms with E-state index in [0.29, 0.717) is 13.0 Å². The molecule has 1 N–H and O–H groups in total. The number of fused-ring (bicyclic) bond motifs is 1. The number of rotatable bonds is 4. The maximum atomic E-state index is 12.1. The number of amides is 1. The van der Waals surface area contributed by atoms with Crippen LogP contribution in [0.2, 0.25) is 0 Å². The average Bonchev–Trinajstić information content (AvgIpc) is 2.97. The van der Waals surface area contributed by atoms with Gasteiger partial charge in [-0.05, 0) is 18.1 Å². The fourth-order valence-electron chi connectivity index (χ4n) is 2.63. The standard InChI is InChI=1S/C16H19N3OS/c1-3-11-9-18-15(21-11)10-17-13-8-16(20)19(2)14-7-5-4-6-12(13)14/h4-7,9,13,17H,3,8,10H2,1-2H3. The smallest absolute Gasteiger partial charge is 0.228 e. The lowest BCUT2D eigenvalue weighted by atomic mass is 9.96. The first-order valence-electron chi connectivity index (χ1n) is 7.21. The zero-order valence-corrected chi connectivity index (χ0v) is 13.1. The molecule has 1 aromatic heterocycles. The molecule has 0 spiro atoms. The number of nitrogens with zero attached hydrogens (tertiary/aromatic N) is 2. The number of benzene rings is 1. The first kappa shape index (κ1) is 14.2. The van der Waals surface area contributed by atoms with Crippen molar-refractivity contribution in [3.05, 3.63) is 45.9 Å². The van der Waals surface area contributed by atoms with Crippen LogP contribution in [0.15, 0.2) is 30.5 Å². The molecular formula is C16H19N3OS. The summed E-state index contributed by atoms with van der Waals surface area (Å²) in [6.07, 6.45) is 3.46. The van der Waals surface area contributed by atoms with E-state index >= 15 is 0 Å². The van der Waals surface area contributed by atoms with Crippen LogP contribution in [0.3, 0.4) is 0 Å². The van der Waals surface area contributed by atoms with E-state index < -0.39 is 0 Å². The summed E-state index contributed by atoms with van der Waals surface area (Å²) in [5, 5.41) is 4.56. The lowest BCUT2D eigenvalue weighted by Crippen LogP contribution is -2.37. The Labute approximate surface area is 128 Å². The van der Waals surface area contributed by atoms with E-state index in [2.05, 4.69) is 23.3 Å². The highest BCUT2D eigenvalue weighted by atomic mass is 32.1.